The lowest BCUT2D eigenvalue weighted by molar-refractivity contribution is 0.508. The van der Waals surface area contributed by atoms with Gasteiger partial charge >= 0.3 is 0 Å². The van der Waals surface area contributed by atoms with Crippen LogP contribution in [0, 0.1) is 30.2 Å². The zero-order valence-corrected chi connectivity index (χ0v) is 15.5. The van der Waals surface area contributed by atoms with Crippen LogP contribution in [0.25, 0.3) is 33.4 Å². The number of hydrogen-bond donors (Lipinski definition) is 0. The van der Waals surface area contributed by atoms with Gasteiger partial charge in [0, 0.05) is 0 Å². The van der Waals surface area contributed by atoms with Gasteiger partial charge in [-0.25, -0.2) is 17.6 Å². The highest BCUT2D eigenvalue weighted by Gasteiger charge is 2.16. The fraction of sp³-hybridized carbons (Fsp3) is 0.0400. The van der Waals surface area contributed by atoms with Gasteiger partial charge in [0.05, 0.1) is 5.56 Å². The van der Waals surface area contributed by atoms with Crippen molar-refractivity contribution >= 4 is 0 Å². The minimum atomic E-state index is -1.16. The Labute approximate surface area is 166 Å². The number of halogens is 4. The predicted octanol–water partition coefficient (Wildman–Crippen LogP) is 7.55. The quantitative estimate of drug-likeness (QED) is 0.316. The summed E-state index contributed by atoms with van der Waals surface area (Å²) < 4.78 is 55.8. The molecule has 0 nitrogen and oxygen atoms in total. The maximum atomic E-state index is 14.6. The molecule has 29 heavy (non-hydrogen) atoms. The van der Waals surface area contributed by atoms with E-state index in [1.54, 1.807) is 12.1 Å². The zero-order chi connectivity index (χ0) is 20.5. The summed E-state index contributed by atoms with van der Waals surface area (Å²) in [5.41, 5.74) is 3.78. The Morgan fingerprint density at radius 1 is 0.414 bits per heavy atom. The van der Waals surface area contributed by atoms with Gasteiger partial charge < -0.3 is 0 Å². The monoisotopic (exact) mass is 392 g/mol. The normalized spacial score (nSPS) is 10.9. The van der Waals surface area contributed by atoms with Gasteiger partial charge in [0.15, 0.2) is 11.6 Å². The van der Waals surface area contributed by atoms with E-state index in [-0.39, 0.29) is 11.1 Å². The average molecular weight is 392 g/mol. The molecule has 0 aliphatic heterocycles. The van der Waals surface area contributed by atoms with Gasteiger partial charge in [-0.2, -0.15) is 0 Å². The Balaban J connectivity index is 1.69. The molecule has 0 amide bonds. The molecule has 0 spiro atoms. The van der Waals surface area contributed by atoms with E-state index in [1.807, 2.05) is 43.3 Å². The average Bonchev–Trinajstić information content (AvgIpc) is 2.71. The van der Waals surface area contributed by atoms with Crippen molar-refractivity contribution in [3.05, 3.63) is 108 Å². The molecule has 0 saturated carbocycles. The van der Waals surface area contributed by atoms with Gasteiger partial charge in [-0.15, -0.1) is 0 Å². The zero-order valence-electron chi connectivity index (χ0n) is 15.5. The molecule has 0 fully saturated rings. The lowest BCUT2D eigenvalue weighted by Crippen LogP contribution is -1.94. The van der Waals surface area contributed by atoms with Crippen LogP contribution in [0.1, 0.15) is 5.56 Å². The Bertz CT molecular complexity index is 1150. The molecular formula is C25H16F4. The second-order valence-electron chi connectivity index (χ2n) is 6.89. The van der Waals surface area contributed by atoms with E-state index in [0.717, 1.165) is 34.9 Å². The molecule has 144 valence electrons. The minimum Gasteiger partial charge on any atom is -0.206 e. The lowest BCUT2D eigenvalue weighted by Gasteiger charge is -2.10. The van der Waals surface area contributed by atoms with Crippen molar-refractivity contribution in [1.29, 1.82) is 0 Å². The molecule has 0 aromatic heterocycles. The summed E-state index contributed by atoms with van der Waals surface area (Å²) in [4.78, 5) is 0. The summed E-state index contributed by atoms with van der Waals surface area (Å²) in [7, 11) is 0. The Kier molecular flexibility index (Phi) is 4.93. The third-order valence-corrected chi connectivity index (χ3v) is 4.85. The molecule has 0 N–H and O–H groups in total. The molecule has 4 aromatic carbocycles. The fourth-order valence-electron chi connectivity index (χ4n) is 3.27. The van der Waals surface area contributed by atoms with Crippen LogP contribution in [0.5, 0.6) is 0 Å². The first-order valence-corrected chi connectivity index (χ1v) is 9.04. The molecule has 0 bridgehead atoms. The van der Waals surface area contributed by atoms with Crippen molar-refractivity contribution in [1.82, 2.24) is 0 Å². The highest BCUT2D eigenvalue weighted by Crippen LogP contribution is 2.32. The molecule has 0 aliphatic rings. The summed E-state index contributed by atoms with van der Waals surface area (Å²) in [6.45, 7) is 2.01. The molecule has 4 heteroatoms. The third kappa shape index (κ3) is 3.79. The summed E-state index contributed by atoms with van der Waals surface area (Å²) in [6, 6.07) is 20.6. The Morgan fingerprint density at radius 3 is 1.34 bits per heavy atom. The van der Waals surface area contributed by atoms with E-state index >= 15 is 0 Å². The first kappa shape index (κ1) is 18.9. The molecule has 0 radical (unpaired) electrons. The van der Waals surface area contributed by atoms with Gasteiger partial charge in [0.25, 0.3) is 0 Å². The first-order valence-electron chi connectivity index (χ1n) is 9.04. The van der Waals surface area contributed by atoms with Gasteiger partial charge in [-0.1, -0.05) is 60.2 Å². The molecule has 0 heterocycles. The van der Waals surface area contributed by atoms with Crippen molar-refractivity contribution in [3.63, 3.8) is 0 Å². The molecule has 4 rings (SSSR count). The molecule has 0 saturated heterocycles. The highest BCUT2D eigenvalue weighted by atomic mass is 19.2. The van der Waals surface area contributed by atoms with Crippen LogP contribution >= 0.6 is 0 Å². The van der Waals surface area contributed by atoms with Crippen molar-refractivity contribution in [2.75, 3.05) is 0 Å². The molecule has 4 aromatic rings. The maximum absolute atomic E-state index is 14.6. The van der Waals surface area contributed by atoms with Crippen molar-refractivity contribution in [2.45, 2.75) is 6.92 Å². The van der Waals surface area contributed by atoms with E-state index < -0.39 is 23.3 Å². The first-order chi connectivity index (χ1) is 13.9. The lowest BCUT2D eigenvalue weighted by atomic mass is 9.97. The molecule has 0 unspecified atom stereocenters. The summed E-state index contributed by atoms with van der Waals surface area (Å²) in [5, 5.41) is 0. The van der Waals surface area contributed by atoms with Crippen molar-refractivity contribution in [2.24, 2.45) is 0 Å². The second-order valence-corrected chi connectivity index (χ2v) is 6.89. The third-order valence-electron chi connectivity index (χ3n) is 4.85. The van der Waals surface area contributed by atoms with E-state index in [1.165, 1.54) is 12.1 Å². The van der Waals surface area contributed by atoms with E-state index in [9.17, 15) is 17.6 Å². The van der Waals surface area contributed by atoms with Crippen LogP contribution in [0.2, 0.25) is 0 Å². The van der Waals surface area contributed by atoms with Crippen LogP contribution in [-0.2, 0) is 0 Å². The van der Waals surface area contributed by atoms with Crippen molar-refractivity contribution < 1.29 is 17.6 Å². The molecule has 0 atom stereocenters. The summed E-state index contributed by atoms with van der Waals surface area (Å²) in [5.74, 6) is -3.90. The second kappa shape index (κ2) is 7.55. The van der Waals surface area contributed by atoms with E-state index in [2.05, 4.69) is 0 Å². The summed E-state index contributed by atoms with van der Waals surface area (Å²) >= 11 is 0. The van der Waals surface area contributed by atoms with Gasteiger partial charge in [-0.3, -0.25) is 0 Å². The van der Waals surface area contributed by atoms with Crippen LogP contribution in [0.3, 0.4) is 0 Å². The number of hydrogen-bond acceptors (Lipinski definition) is 0. The molecular weight excluding hydrogens is 376 g/mol. The van der Waals surface area contributed by atoms with Gasteiger partial charge in [0.2, 0.25) is 0 Å². The van der Waals surface area contributed by atoms with Gasteiger partial charge in [-0.05, 0) is 59.0 Å². The topological polar surface area (TPSA) is 0 Å². The van der Waals surface area contributed by atoms with Crippen LogP contribution in [0.15, 0.2) is 78.9 Å². The van der Waals surface area contributed by atoms with E-state index in [0.29, 0.717) is 11.1 Å². The van der Waals surface area contributed by atoms with Crippen LogP contribution < -0.4 is 0 Å². The smallest absolute Gasteiger partial charge is 0.159 e. The SMILES string of the molecule is Cc1ccc(-c2ccc(-c3cc(F)c(-c4ccc(F)c(F)c4)c(F)c3)cc2)cc1. The minimum absolute atomic E-state index is 0.0554. The highest BCUT2D eigenvalue weighted by molar-refractivity contribution is 5.74. The Morgan fingerprint density at radius 2 is 0.828 bits per heavy atom. The maximum Gasteiger partial charge on any atom is 0.159 e. The Hall–Kier alpha value is -3.40. The number of benzene rings is 4. The molecule has 0 aliphatic carbocycles. The largest absolute Gasteiger partial charge is 0.206 e. The summed E-state index contributed by atoms with van der Waals surface area (Å²) in [6.07, 6.45) is 0. The fourth-order valence-corrected chi connectivity index (χ4v) is 3.27. The van der Waals surface area contributed by atoms with Crippen LogP contribution in [-0.4, -0.2) is 0 Å². The number of rotatable bonds is 3. The number of aryl methyl sites for hydroxylation is 1. The van der Waals surface area contributed by atoms with E-state index in [4.69, 9.17) is 0 Å². The van der Waals surface area contributed by atoms with Gasteiger partial charge in [0.1, 0.15) is 11.6 Å². The standard InChI is InChI=1S/C25H16F4/c1-15-2-4-16(5-3-15)17-6-8-18(9-7-17)20-13-23(28)25(24(29)14-20)19-10-11-21(26)22(27)12-19/h2-14H,1H3. The predicted molar refractivity (Wildman–Crippen MR) is 107 cm³/mol. The van der Waals surface area contributed by atoms with Crippen molar-refractivity contribution in [3.8, 4) is 33.4 Å². The van der Waals surface area contributed by atoms with Crippen LogP contribution in [0.4, 0.5) is 17.6 Å².